The van der Waals surface area contributed by atoms with Crippen LogP contribution in [-0.4, -0.2) is 38.4 Å². The molecular formula is C28H33N5O2. The summed E-state index contributed by atoms with van der Waals surface area (Å²) in [5, 5.41) is 16.6. The summed E-state index contributed by atoms with van der Waals surface area (Å²) in [6.45, 7) is 2.19. The van der Waals surface area contributed by atoms with Gasteiger partial charge in [0.2, 0.25) is 5.82 Å². The van der Waals surface area contributed by atoms with Crippen LogP contribution in [0.1, 0.15) is 68.3 Å². The van der Waals surface area contributed by atoms with Gasteiger partial charge in [-0.1, -0.05) is 67.6 Å². The van der Waals surface area contributed by atoms with E-state index in [9.17, 15) is 4.79 Å². The lowest BCUT2D eigenvalue weighted by Crippen LogP contribution is -2.44. The smallest absolute Gasteiger partial charge is 0.410 e. The number of aryl methyl sites for hydroxylation is 1. The maximum atomic E-state index is 12.6. The summed E-state index contributed by atoms with van der Waals surface area (Å²) in [4.78, 5) is 14.1. The second kappa shape index (κ2) is 10.1. The first kappa shape index (κ1) is 23.4. The molecule has 2 aliphatic carbocycles. The molecule has 2 aliphatic rings. The number of rotatable bonds is 5. The number of fused-ring (bicyclic) bond motifs is 1. The van der Waals surface area contributed by atoms with E-state index in [1.165, 1.54) is 61.8 Å². The van der Waals surface area contributed by atoms with Crippen molar-refractivity contribution in [1.82, 2.24) is 25.3 Å². The molecule has 2 unspecified atom stereocenters. The van der Waals surface area contributed by atoms with Gasteiger partial charge < -0.3 is 9.64 Å². The zero-order valence-corrected chi connectivity index (χ0v) is 20.6. The van der Waals surface area contributed by atoms with Crippen molar-refractivity contribution in [2.75, 3.05) is 7.05 Å². The SMILES string of the molecule is Cc1ccc(-c2nnc(CN(C)C(=O)Oc3ccc(C45CCCCCCC4CC5)cc3)nn2)cc1. The number of amides is 1. The van der Waals surface area contributed by atoms with Crippen molar-refractivity contribution >= 4 is 6.09 Å². The van der Waals surface area contributed by atoms with Gasteiger partial charge >= 0.3 is 6.09 Å². The first-order valence-electron chi connectivity index (χ1n) is 12.7. The fourth-order valence-corrected chi connectivity index (χ4v) is 5.60. The predicted molar refractivity (Wildman–Crippen MR) is 134 cm³/mol. The Morgan fingerprint density at radius 1 is 0.914 bits per heavy atom. The number of carbonyl (C=O) groups excluding carboxylic acids is 1. The van der Waals surface area contributed by atoms with Crippen LogP contribution in [0.25, 0.3) is 11.4 Å². The van der Waals surface area contributed by atoms with E-state index in [0.717, 1.165) is 17.0 Å². The fraction of sp³-hybridized carbons (Fsp3) is 0.464. The minimum Gasteiger partial charge on any atom is -0.410 e. The number of nitrogens with zero attached hydrogens (tertiary/aromatic N) is 5. The number of ether oxygens (including phenoxy) is 1. The standard InChI is InChI=1S/C28H33N5O2/c1-20-8-10-21(11-9-20)26-31-29-25(30-32-26)19-33(2)27(34)35-24-14-12-23(13-15-24)28-17-6-4-3-5-7-22(28)16-18-28/h8-15,22H,3-7,16-19H2,1-2H3. The van der Waals surface area contributed by atoms with Gasteiger partial charge in [0.1, 0.15) is 5.75 Å². The Bertz CT molecular complexity index is 1150. The molecule has 1 aromatic heterocycles. The van der Waals surface area contributed by atoms with Gasteiger partial charge in [0.15, 0.2) is 5.82 Å². The Morgan fingerprint density at radius 2 is 1.63 bits per heavy atom. The van der Waals surface area contributed by atoms with Crippen LogP contribution in [0.4, 0.5) is 4.79 Å². The highest BCUT2D eigenvalue weighted by Crippen LogP contribution is 2.55. The van der Waals surface area contributed by atoms with Gasteiger partial charge in [0.05, 0.1) is 6.54 Å². The molecule has 2 aromatic carbocycles. The van der Waals surface area contributed by atoms with Crippen LogP contribution in [0.3, 0.4) is 0 Å². The van der Waals surface area contributed by atoms with Gasteiger partial charge in [0, 0.05) is 12.6 Å². The molecule has 1 heterocycles. The minimum atomic E-state index is -0.463. The summed E-state index contributed by atoms with van der Waals surface area (Å²) >= 11 is 0. The molecule has 1 amide bonds. The van der Waals surface area contributed by atoms with E-state index in [2.05, 4.69) is 32.5 Å². The van der Waals surface area contributed by atoms with E-state index in [0.29, 0.717) is 22.8 Å². The maximum Gasteiger partial charge on any atom is 0.415 e. The molecule has 7 nitrogen and oxygen atoms in total. The molecule has 7 heteroatoms. The lowest BCUT2D eigenvalue weighted by molar-refractivity contribution is 0.0853. The predicted octanol–water partition coefficient (Wildman–Crippen LogP) is 5.87. The summed E-state index contributed by atoms with van der Waals surface area (Å²) in [5.74, 6) is 2.17. The summed E-state index contributed by atoms with van der Waals surface area (Å²) in [7, 11) is 1.65. The van der Waals surface area contributed by atoms with Crippen LogP contribution in [0.15, 0.2) is 48.5 Å². The van der Waals surface area contributed by atoms with Crippen molar-refractivity contribution in [3.8, 4) is 17.1 Å². The van der Waals surface area contributed by atoms with E-state index >= 15 is 0 Å². The Labute approximate surface area is 206 Å². The number of aromatic nitrogens is 4. The van der Waals surface area contributed by atoms with Crippen molar-refractivity contribution in [2.24, 2.45) is 5.92 Å². The van der Waals surface area contributed by atoms with Gasteiger partial charge in [-0.2, -0.15) is 0 Å². The van der Waals surface area contributed by atoms with Crippen molar-refractivity contribution in [3.05, 3.63) is 65.5 Å². The van der Waals surface area contributed by atoms with E-state index < -0.39 is 6.09 Å². The first-order chi connectivity index (χ1) is 17.0. The summed E-state index contributed by atoms with van der Waals surface area (Å²) in [5.41, 5.74) is 3.75. The van der Waals surface area contributed by atoms with E-state index in [1.54, 1.807) is 7.05 Å². The molecule has 2 saturated carbocycles. The largest absolute Gasteiger partial charge is 0.415 e. The molecule has 0 saturated heterocycles. The molecule has 2 fully saturated rings. The summed E-state index contributed by atoms with van der Waals surface area (Å²) < 4.78 is 5.61. The Morgan fingerprint density at radius 3 is 2.31 bits per heavy atom. The Kier molecular flexibility index (Phi) is 6.75. The summed E-state index contributed by atoms with van der Waals surface area (Å²) in [6, 6.07) is 16.0. The van der Waals surface area contributed by atoms with Crippen LogP contribution in [0.2, 0.25) is 0 Å². The minimum absolute atomic E-state index is 0.163. The van der Waals surface area contributed by atoms with Crippen molar-refractivity contribution in [2.45, 2.75) is 70.3 Å². The second-order valence-electron chi connectivity index (χ2n) is 10.1. The Hall–Kier alpha value is -3.35. The lowest BCUT2D eigenvalue weighted by atomic mass is 9.53. The first-order valence-corrected chi connectivity index (χ1v) is 12.7. The van der Waals surface area contributed by atoms with Gasteiger partial charge in [-0.05, 0) is 61.6 Å². The van der Waals surface area contributed by atoms with Crippen LogP contribution in [0, 0.1) is 12.8 Å². The number of carbonyl (C=O) groups is 1. The molecule has 3 aromatic rings. The number of benzene rings is 2. The average molecular weight is 472 g/mol. The van der Waals surface area contributed by atoms with Gasteiger partial charge in [-0.25, -0.2) is 4.79 Å². The lowest BCUT2D eigenvalue weighted by Gasteiger charge is -2.52. The highest BCUT2D eigenvalue weighted by Gasteiger charge is 2.47. The topological polar surface area (TPSA) is 81.1 Å². The van der Waals surface area contributed by atoms with Gasteiger partial charge in [-0.15, -0.1) is 20.4 Å². The van der Waals surface area contributed by atoms with E-state index in [4.69, 9.17) is 4.74 Å². The van der Waals surface area contributed by atoms with Crippen LogP contribution in [-0.2, 0) is 12.0 Å². The van der Waals surface area contributed by atoms with Crippen LogP contribution >= 0.6 is 0 Å². The molecule has 35 heavy (non-hydrogen) atoms. The third-order valence-corrected chi connectivity index (χ3v) is 7.80. The molecule has 0 N–H and O–H groups in total. The molecule has 0 bridgehead atoms. The van der Waals surface area contributed by atoms with Crippen molar-refractivity contribution in [1.29, 1.82) is 0 Å². The quantitative estimate of drug-likeness (QED) is 0.463. The molecule has 5 rings (SSSR count). The monoisotopic (exact) mass is 471 g/mol. The zero-order valence-electron chi connectivity index (χ0n) is 20.6. The van der Waals surface area contributed by atoms with Crippen LogP contribution in [0.5, 0.6) is 5.75 Å². The zero-order chi connectivity index (χ0) is 24.3. The highest BCUT2D eigenvalue weighted by molar-refractivity contribution is 5.70. The molecule has 2 atom stereocenters. The highest BCUT2D eigenvalue weighted by atomic mass is 16.6. The maximum absolute atomic E-state index is 12.6. The third kappa shape index (κ3) is 5.04. The van der Waals surface area contributed by atoms with Gasteiger partial charge in [-0.3, -0.25) is 0 Å². The second-order valence-corrected chi connectivity index (χ2v) is 10.1. The fourth-order valence-electron chi connectivity index (χ4n) is 5.60. The molecule has 0 radical (unpaired) electrons. The van der Waals surface area contributed by atoms with Gasteiger partial charge in [0.25, 0.3) is 0 Å². The molecule has 182 valence electrons. The van der Waals surface area contributed by atoms with Crippen LogP contribution < -0.4 is 4.74 Å². The van der Waals surface area contributed by atoms with E-state index in [1.807, 2.05) is 43.3 Å². The Balaban J connectivity index is 1.18. The van der Waals surface area contributed by atoms with Crippen molar-refractivity contribution < 1.29 is 9.53 Å². The van der Waals surface area contributed by atoms with Crippen molar-refractivity contribution in [3.63, 3.8) is 0 Å². The molecular weight excluding hydrogens is 438 g/mol. The number of hydrogen-bond acceptors (Lipinski definition) is 6. The number of hydrogen-bond donors (Lipinski definition) is 0. The summed E-state index contributed by atoms with van der Waals surface area (Å²) in [6.07, 6.45) is 10.2. The third-order valence-electron chi connectivity index (χ3n) is 7.80. The molecule has 0 aliphatic heterocycles. The van der Waals surface area contributed by atoms with E-state index in [-0.39, 0.29) is 6.54 Å². The average Bonchev–Trinajstić information content (AvgIpc) is 2.86. The molecule has 0 spiro atoms. The normalized spacial score (nSPS) is 21.7.